The molecule has 0 fully saturated rings. The van der Waals surface area contributed by atoms with Crippen molar-refractivity contribution in [2.45, 2.75) is 51.5 Å². The molecular weight excluding hydrogens is 206 g/mol. The van der Waals surface area contributed by atoms with Crippen molar-refractivity contribution >= 4 is 5.97 Å². The van der Waals surface area contributed by atoms with Gasteiger partial charge >= 0.3 is 5.97 Å². The lowest BCUT2D eigenvalue weighted by Crippen LogP contribution is -2.47. The van der Waals surface area contributed by atoms with Crippen LogP contribution in [0.2, 0.25) is 0 Å². The van der Waals surface area contributed by atoms with Gasteiger partial charge < -0.3 is 15.2 Å². The zero-order valence-corrected chi connectivity index (χ0v) is 10.7. The molecule has 0 spiro atoms. The molecule has 0 rings (SSSR count). The van der Waals surface area contributed by atoms with Crippen molar-refractivity contribution in [2.24, 2.45) is 0 Å². The van der Waals surface area contributed by atoms with E-state index >= 15 is 0 Å². The monoisotopic (exact) mass is 231 g/mol. The topological polar surface area (TPSA) is 58.6 Å². The molecule has 0 aromatic heterocycles. The summed E-state index contributed by atoms with van der Waals surface area (Å²) in [4.78, 5) is 11.0. The van der Waals surface area contributed by atoms with Gasteiger partial charge in [-0.2, -0.15) is 0 Å². The first-order valence-electron chi connectivity index (χ1n) is 6.07. The highest BCUT2D eigenvalue weighted by Crippen LogP contribution is 2.13. The van der Waals surface area contributed by atoms with Crippen LogP contribution in [-0.2, 0) is 9.53 Å². The van der Waals surface area contributed by atoms with Crippen molar-refractivity contribution in [3.8, 4) is 0 Å². The zero-order chi connectivity index (χ0) is 12.4. The molecule has 0 saturated carbocycles. The van der Waals surface area contributed by atoms with Crippen LogP contribution in [-0.4, -0.2) is 36.9 Å². The van der Waals surface area contributed by atoms with Crippen LogP contribution in [0.15, 0.2) is 0 Å². The Labute approximate surface area is 98.4 Å². The number of hydrogen-bond acceptors (Lipinski definition) is 3. The Kier molecular flexibility index (Phi) is 8.21. The van der Waals surface area contributed by atoms with E-state index in [-0.39, 0.29) is 0 Å². The van der Waals surface area contributed by atoms with Gasteiger partial charge in [0, 0.05) is 13.2 Å². The van der Waals surface area contributed by atoms with Gasteiger partial charge in [-0.15, -0.1) is 0 Å². The molecule has 4 heteroatoms. The summed E-state index contributed by atoms with van der Waals surface area (Å²) < 4.78 is 5.42. The zero-order valence-electron chi connectivity index (χ0n) is 10.7. The molecule has 1 atom stereocenters. The number of carboxylic acids is 1. The number of likely N-dealkylation sites (N-methyl/N-ethyl adjacent to an activating group) is 1. The third kappa shape index (κ3) is 6.08. The molecule has 0 radical (unpaired) electrons. The molecule has 0 saturated heterocycles. The fourth-order valence-corrected chi connectivity index (χ4v) is 1.37. The first-order chi connectivity index (χ1) is 7.56. The minimum Gasteiger partial charge on any atom is -0.480 e. The molecule has 0 aromatic carbocycles. The molecule has 0 aromatic rings. The van der Waals surface area contributed by atoms with E-state index in [0.717, 1.165) is 38.9 Å². The Hall–Kier alpha value is -0.610. The molecule has 16 heavy (non-hydrogen) atoms. The largest absolute Gasteiger partial charge is 0.480 e. The number of aliphatic carboxylic acids is 1. The lowest BCUT2D eigenvalue weighted by atomic mass is 9.95. The first kappa shape index (κ1) is 15.4. The maximum absolute atomic E-state index is 11.0. The molecule has 96 valence electrons. The fraction of sp³-hybridized carbons (Fsp3) is 0.917. The number of carboxylic acid groups (broad SMARTS) is 1. The average molecular weight is 231 g/mol. The molecule has 0 bridgehead atoms. The van der Waals surface area contributed by atoms with E-state index in [9.17, 15) is 4.79 Å². The van der Waals surface area contributed by atoms with Crippen LogP contribution < -0.4 is 5.32 Å². The molecule has 2 N–H and O–H groups in total. The van der Waals surface area contributed by atoms with E-state index in [1.807, 2.05) is 0 Å². The predicted molar refractivity (Wildman–Crippen MR) is 64.7 cm³/mol. The number of carbonyl (C=O) groups is 1. The Bertz CT molecular complexity index is 197. The fourth-order valence-electron chi connectivity index (χ4n) is 1.37. The minimum atomic E-state index is -0.802. The molecule has 4 nitrogen and oxygen atoms in total. The number of ether oxygens (including phenoxy) is 1. The Morgan fingerprint density at radius 2 is 1.94 bits per heavy atom. The maximum atomic E-state index is 11.0. The summed E-state index contributed by atoms with van der Waals surface area (Å²) in [7, 11) is 1.69. The van der Waals surface area contributed by atoms with E-state index in [0.29, 0.717) is 6.42 Å². The van der Waals surface area contributed by atoms with Gasteiger partial charge in [-0.25, -0.2) is 0 Å². The van der Waals surface area contributed by atoms with Gasteiger partial charge in [0.05, 0.1) is 0 Å². The van der Waals surface area contributed by atoms with Crippen LogP contribution in [0.4, 0.5) is 0 Å². The minimum absolute atomic E-state index is 0.635. The standard InChI is InChI=1S/C12H25NO3/c1-4-5-9-16-10-7-6-8-12(2,13-3)11(14)15/h13H,4-10H2,1-3H3,(H,14,15). The van der Waals surface area contributed by atoms with Gasteiger partial charge in [0.1, 0.15) is 5.54 Å². The number of hydrogen-bond donors (Lipinski definition) is 2. The smallest absolute Gasteiger partial charge is 0.323 e. The van der Waals surface area contributed by atoms with Gasteiger partial charge in [0.25, 0.3) is 0 Å². The summed E-state index contributed by atoms with van der Waals surface area (Å²) in [6, 6.07) is 0. The summed E-state index contributed by atoms with van der Waals surface area (Å²) in [5, 5.41) is 11.9. The van der Waals surface area contributed by atoms with E-state index in [1.165, 1.54) is 0 Å². The van der Waals surface area contributed by atoms with Crippen molar-refractivity contribution in [2.75, 3.05) is 20.3 Å². The maximum Gasteiger partial charge on any atom is 0.323 e. The molecule has 0 aliphatic rings. The SMILES string of the molecule is CCCCOCCCCC(C)(NC)C(=O)O. The highest BCUT2D eigenvalue weighted by atomic mass is 16.5. The lowest BCUT2D eigenvalue weighted by Gasteiger charge is -2.23. The highest BCUT2D eigenvalue weighted by Gasteiger charge is 2.29. The molecule has 0 amide bonds. The second kappa shape index (κ2) is 8.53. The molecule has 1 unspecified atom stereocenters. The lowest BCUT2D eigenvalue weighted by molar-refractivity contribution is -0.144. The van der Waals surface area contributed by atoms with Gasteiger partial charge in [-0.3, -0.25) is 4.79 Å². The van der Waals surface area contributed by atoms with Crippen LogP contribution in [0.1, 0.15) is 46.0 Å². The van der Waals surface area contributed by atoms with E-state index in [1.54, 1.807) is 14.0 Å². The summed E-state index contributed by atoms with van der Waals surface area (Å²) >= 11 is 0. The van der Waals surface area contributed by atoms with Gasteiger partial charge in [-0.1, -0.05) is 13.3 Å². The third-order valence-corrected chi connectivity index (χ3v) is 2.88. The second-order valence-corrected chi connectivity index (χ2v) is 4.31. The summed E-state index contributed by atoms with van der Waals surface area (Å²) in [6.07, 6.45) is 4.68. The Morgan fingerprint density at radius 1 is 1.31 bits per heavy atom. The van der Waals surface area contributed by atoms with Crippen LogP contribution >= 0.6 is 0 Å². The predicted octanol–water partition coefficient (Wildman–Crippen LogP) is 2.04. The Balaban J connectivity index is 3.53. The third-order valence-electron chi connectivity index (χ3n) is 2.88. The van der Waals surface area contributed by atoms with E-state index < -0.39 is 11.5 Å². The van der Waals surface area contributed by atoms with Crippen molar-refractivity contribution in [1.82, 2.24) is 5.32 Å². The van der Waals surface area contributed by atoms with Crippen LogP contribution in [0.5, 0.6) is 0 Å². The van der Waals surface area contributed by atoms with E-state index in [2.05, 4.69) is 12.2 Å². The molecule has 0 aliphatic carbocycles. The number of rotatable bonds is 10. The highest BCUT2D eigenvalue weighted by molar-refractivity contribution is 5.78. The van der Waals surface area contributed by atoms with Gasteiger partial charge in [0.2, 0.25) is 0 Å². The van der Waals surface area contributed by atoms with Crippen molar-refractivity contribution in [3.63, 3.8) is 0 Å². The normalized spacial score (nSPS) is 14.7. The molecular formula is C12H25NO3. The van der Waals surface area contributed by atoms with Crippen molar-refractivity contribution in [3.05, 3.63) is 0 Å². The average Bonchev–Trinajstić information content (AvgIpc) is 2.27. The van der Waals surface area contributed by atoms with E-state index in [4.69, 9.17) is 9.84 Å². The van der Waals surface area contributed by atoms with Crippen LogP contribution in [0.25, 0.3) is 0 Å². The second-order valence-electron chi connectivity index (χ2n) is 4.31. The van der Waals surface area contributed by atoms with Crippen LogP contribution in [0, 0.1) is 0 Å². The summed E-state index contributed by atoms with van der Waals surface area (Å²) in [5.41, 5.74) is -0.802. The van der Waals surface area contributed by atoms with Crippen molar-refractivity contribution in [1.29, 1.82) is 0 Å². The Morgan fingerprint density at radius 3 is 2.44 bits per heavy atom. The quantitative estimate of drug-likeness (QED) is 0.565. The first-order valence-corrected chi connectivity index (χ1v) is 6.07. The molecule has 0 aliphatic heterocycles. The number of unbranched alkanes of at least 4 members (excludes halogenated alkanes) is 2. The van der Waals surface area contributed by atoms with Gasteiger partial charge in [-0.05, 0) is 39.7 Å². The summed E-state index contributed by atoms with van der Waals surface area (Å²) in [5.74, 6) is -0.790. The van der Waals surface area contributed by atoms with Crippen molar-refractivity contribution < 1.29 is 14.6 Å². The van der Waals surface area contributed by atoms with Gasteiger partial charge in [0.15, 0.2) is 0 Å². The number of nitrogens with one attached hydrogen (secondary N) is 1. The summed E-state index contributed by atoms with van der Waals surface area (Å²) in [6.45, 7) is 5.40. The van der Waals surface area contributed by atoms with Crippen LogP contribution in [0.3, 0.4) is 0 Å². The molecule has 0 heterocycles.